The van der Waals surface area contributed by atoms with Gasteiger partial charge in [-0.25, -0.2) is 0 Å². The molecule has 0 unspecified atom stereocenters. The van der Waals surface area contributed by atoms with Crippen molar-refractivity contribution in [1.29, 1.82) is 0 Å². The molecule has 1 aliphatic rings. The molecule has 4 heteroatoms. The van der Waals surface area contributed by atoms with Gasteiger partial charge in [0.2, 0.25) is 0 Å². The second kappa shape index (κ2) is 13.1. The van der Waals surface area contributed by atoms with E-state index < -0.39 is 8.07 Å². The van der Waals surface area contributed by atoms with E-state index in [-0.39, 0.29) is 0 Å². The summed E-state index contributed by atoms with van der Waals surface area (Å²) < 4.78 is 4.93. The fourth-order valence-corrected chi connectivity index (χ4v) is 16.7. The van der Waals surface area contributed by atoms with Gasteiger partial charge < -0.3 is 9.13 Å². The Bertz CT molecular complexity index is 3320. The lowest BCUT2D eigenvalue weighted by atomic mass is 10.1. The molecule has 12 rings (SSSR count). The Hall–Kier alpha value is -6.85. The largest absolute Gasteiger partial charge is 0.309 e. The highest BCUT2D eigenvalue weighted by molar-refractivity contribution is 8.00. The Kier molecular flexibility index (Phi) is 7.52. The maximum absolute atomic E-state index is 2.74. The Balaban J connectivity index is 1.10. The second-order valence-electron chi connectivity index (χ2n) is 15.3. The van der Waals surface area contributed by atoms with Crippen LogP contribution in [0.2, 0.25) is 0 Å². The van der Waals surface area contributed by atoms with Crippen molar-refractivity contribution < 1.29 is 0 Å². The molecule has 11 aromatic rings. The van der Waals surface area contributed by atoms with Crippen LogP contribution in [-0.2, 0) is 0 Å². The molecule has 2 aromatic heterocycles. The first kappa shape index (κ1) is 33.3. The zero-order chi connectivity index (χ0) is 38.2. The topological polar surface area (TPSA) is 9.86 Å². The molecule has 0 amide bonds. The van der Waals surface area contributed by atoms with Crippen LogP contribution in [0.5, 0.6) is 0 Å². The molecule has 0 bridgehead atoms. The summed E-state index contributed by atoms with van der Waals surface area (Å²) in [5.41, 5.74) is 9.60. The van der Waals surface area contributed by atoms with Gasteiger partial charge in [0.25, 0.3) is 0 Å². The molecule has 0 aliphatic carbocycles. The van der Waals surface area contributed by atoms with Crippen molar-refractivity contribution in [3.05, 3.63) is 218 Å². The monoisotopic (exact) mass is 772 g/mol. The third-order valence-corrected chi connectivity index (χ3v) is 18.6. The van der Waals surface area contributed by atoms with Crippen LogP contribution in [0.15, 0.2) is 228 Å². The SMILES string of the molecule is c1ccc(-c2ccc(-n3c4ccccc4c4cc(-n5c6ccccc6c6ccc([Si]7(c8ccccc8)c8ccccc8Sc8ccccc87)cc65)ccc43)cc2)cc1. The van der Waals surface area contributed by atoms with Crippen molar-refractivity contribution in [2.75, 3.05) is 0 Å². The van der Waals surface area contributed by atoms with E-state index in [1.165, 1.54) is 85.3 Å². The quantitative estimate of drug-likeness (QED) is 0.158. The summed E-state index contributed by atoms with van der Waals surface area (Å²) >= 11 is 1.91. The lowest BCUT2D eigenvalue weighted by Gasteiger charge is -2.39. The molecule has 272 valence electrons. The van der Waals surface area contributed by atoms with E-state index in [0.29, 0.717) is 0 Å². The number of hydrogen-bond donors (Lipinski definition) is 0. The van der Waals surface area contributed by atoms with Crippen LogP contribution in [0, 0.1) is 0 Å². The van der Waals surface area contributed by atoms with Crippen molar-refractivity contribution in [1.82, 2.24) is 9.13 Å². The van der Waals surface area contributed by atoms with Gasteiger partial charge in [0, 0.05) is 42.7 Å². The van der Waals surface area contributed by atoms with Gasteiger partial charge >= 0.3 is 0 Å². The Morgan fingerprint density at radius 2 is 0.810 bits per heavy atom. The van der Waals surface area contributed by atoms with Crippen LogP contribution in [0.3, 0.4) is 0 Å². The number of aromatic nitrogens is 2. The van der Waals surface area contributed by atoms with Crippen molar-refractivity contribution in [2.24, 2.45) is 0 Å². The van der Waals surface area contributed by atoms with Crippen LogP contribution in [-0.4, -0.2) is 17.2 Å². The average molecular weight is 773 g/mol. The molecular formula is C54H36N2SSi. The zero-order valence-corrected chi connectivity index (χ0v) is 33.4. The molecular weight excluding hydrogens is 737 g/mol. The number of benzene rings is 9. The minimum absolute atomic E-state index is 1.16. The van der Waals surface area contributed by atoms with E-state index >= 15 is 0 Å². The van der Waals surface area contributed by atoms with Crippen molar-refractivity contribution in [2.45, 2.75) is 9.79 Å². The predicted octanol–water partition coefficient (Wildman–Crippen LogP) is 11.4. The minimum Gasteiger partial charge on any atom is -0.309 e. The summed E-state index contributed by atoms with van der Waals surface area (Å²) in [5.74, 6) is 0. The van der Waals surface area contributed by atoms with E-state index in [9.17, 15) is 0 Å². The second-order valence-corrected chi connectivity index (χ2v) is 20.1. The number of para-hydroxylation sites is 2. The summed E-state index contributed by atoms with van der Waals surface area (Å²) in [6.45, 7) is 0. The standard InChI is InChI=1S/C54H36N2SSi/c1-3-15-37(16-4-1)38-27-29-39(30-28-38)55-48-22-10-8-20-44(48)46-35-40(31-34-49(46)55)56-47-21-9-7-19-43(47)45-33-32-42(36-50(45)56)58(41-17-5-2-6-18-41)53-25-13-11-23-51(53)57-52-24-12-14-26-54(52)58/h1-36H. The van der Waals surface area contributed by atoms with Crippen LogP contribution in [0.1, 0.15) is 0 Å². The molecule has 0 N–H and O–H groups in total. The Morgan fingerprint density at radius 1 is 0.310 bits per heavy atom. The summed E-state index contributed by atoms with van der Waals surface area (Å²) in [5, 5.41) is 10.7. The Morgan fingerprint density at radius 3 is 1.50 bits per heavy atom. The normalized spacial score (nSPS) is 13.2. The molecule has 1 aliphatic heterocycles. The smallest absolute Gasteiger partial charge is 0.181 e. The number of rotatable bonds is 5. The van der Waals surface area contributed by atoms with E-state index in [2.05, 4.69) is 228 Å². The van der Waals surface area contributed by atoms with Gasteiger partial charge in [0.1, 0.15) is 0 Å². The first-order valence-electron chi connectivity index (χ1n) is 19.9. The van der Waals surface area contributed by atoms with Gasteiger partial charge in [-0.1, -0.05) is 169 Å². The van der Waals surface area contributed by atoms with Crippen molar-refractivity contribution in [3.63, 3.8) is 0 Å². The van der Waals surface area contributed by atoms with E-state index in [1.54, 1.807) is 0 Å². The fraction of sp³-hybridized carbons (Fsp3) is 0. The van der Waals surface area contributed by atoms with Crippen LogP contribution < -0.4 is 20.7 Å². The summed E-state index contributed by atoms with van der Waals surface area (Å²) in [6.07, 6.45) is 0. The van der Waals surface area contributed by atoms with Gasteiger partial charge in [-0.2, -0.15) is 0 Å². The fourth-order valence-electron chi connectivity index (χ4n) is 9.76. The molecule has 0 saturated heterocycles. The third-order valence-electron chi connectivity index (χ3n) is 12.3. The van der Waals surface area contributed by atoms with Gasteiger partial charge in [-0.15, -0.1) is 0 Å². The van der Waals surface area contributed by atoms with Crippen molar-refractivity contribution >= 4 is 84.2 Å². The lowest BCUT2D eigenvalue weighted by molar-refractivity contribution is 1.17. The number of hydrogen-bond acceptors (Lipinski definition) is 1. The van der Waals surface area contributed by atoms with Gasteiger partial charge in [-0.3, -0.25) is 0 Å². The molecule has 58 heavy (non-hydrogen) atoms. The highest BCUT2D eigenvalue weighted by Crippen LogP contribution is 2.38. The minimum atomic E-state index is -2.74. The maximum atomic E-state index is 2.54. The first-order valence-corrected chi connectivity index (χ1v) is 22.7. The maximum Gasteiger partial charge on any atom is 0.181 e. The van der Waals surface area contributed by atoms with Crippen LogP contribution >= 0.6 is 11.8 Å². The van der Waals surface area contributed by atoms with Gasteiger partial charge in [-0.05, 0) is 92.5 Å². The van der Waals surface area contributed by atoms with Crippen molar-refractivity contribution in [3.8, 4) is 22.5 Å². The molecule has 0 fully saturated rings. The molecule has 2 nitrogen and oxygen atoms in total. The predicted molar refractivity (Wildman–Crippen MR) is 248 cm³/mol. The zero-order valence-electron chi connectivity index (χ0n) is 31.6. The molecule has 0 spiro atoms. The molecule has 0 radical (unpaired) electrons. The molecule has 9 aromatic carbocycles. The summed E-state index contributed by atoms with van der Waals surface area (Å²) in [7, 11) is -2.74. The summed E-state index contributed by atoms with van der Waals surface area (Å²) in [4.78, 5) is 2.71. The molecule has 0 saturated carbocycles. The van der Waals surface area contributed by atoms with Crippen LogP contribution in [0.4, 0.5) is 0 Å². The van der Waals surface area contributed by atoms with Gasteiger partial charge in [0.15, 0.2) is 8.07 Å². The highest BCUT2D eigenvalue weighted by atomic mass is 32.2. The Labute approximate surface area is 342 Å². The molecule has 3 heterocycles. The number of nitrogens with zero attached hydrogens (tertiary/aromatic N) is 2. The van der Waals surface area contributed by atoms with E-state index in [4.69, 9.17) is 0 Å². The number of fused-ring (bicyclic) bond motifs is 8. The lowest BCUT2D eigenvalue weighted by Crippen LogP contribution is -2.76. The first-order chi connectivity index (χ1) is 28.8. The van der Waals surface area contributed by atoms with Gasteiger partial charge in [0.05, 0.1) is 22.1 Å². The third kappa shape index (κ3) is 4.86. The van der Waals surface area contributed by atoms with E-state index in [1.807, 2.05) is 11.8 Å². The highest BCUT2D eigenvalue weighted by Gasteiger charge is 2.47. The van der Waals surface area contributed by atoms with Crippen LogP contribution in [0.25, 0.3) is 66.1 Å². The molecule has 0 atom stereocenters. The average Bonchev–Trinajstić information content (AvgIpc) is 3.81. The van der Waals surface area contributed by atoms with E-state index in [0.717, 1.165) is 11.4 Å². The summed E-state index contributed by atoms with van der Waals surface area (Å²) in [6, 6.07) is 81.4.